The zero-order valence-electron chi connectivity index (χ0n) is 30.8. The van der Waals surface area contributed by atoms with Gasteiger partial charge in [0.05, 0.1) is 35.2 Å². The molecule has 0 radical (unpaired) electrons. The van der Waals surface area contributed by atoms with Gasteiger partial charge in [0.15, 0.2) is 0 Å². The van der Waals surface area contributed by atoms with E-state index in [0.29, 0.717) is 0 Å². The third kappa shape index (κ3) is 5.19. The van der Waals surface area contributed by atoms with Gasteiger partial charge in [-0.1, -0.05) is 140 Å². The van der Waals surface area contributed by atoms with Gasteiger partial charge in [0.1, 0.15) is 11.2 Å². The fourth-order valence-electron chi connectivity index (χ4n) is 9.17. The summed E-state index contributed by atoms with van der Waals surface area (Å²) in [5.41, 5.74) is 11.3. The molecule has 3 N–H and O–H groups in total. The number of para-hydroxylation sites is 2. The molecule has 1 aliphatic heterocycles. The van der Waals surface area contributed by atoms with Crippen molar-refractivity contribution in [2.75, 3.05) is 0 Å². The second-order valence-corrected chi connectivity index (χ2v) is 16.0. The van der Waals surface area contributed by atoms with Crippen LogP contribution in [0.15, 0.2) is 186 Å². The van der Waals surface area contributed by atoms with Crippen LogP contribution in [0.25, 0.3) is 80.7 Å². The smallest absolute Gasteiger partial charge is 0.136 e. The van der Waals surface area contributed by atoms with Crippen LogP contribution in [0.3, 0.4) is 0 Å². The second kappa shape index (κ2) is 13.0. The molecule has 3 aromatic heterocycles. The molecule has 0 spiro atoms. The van der Waals surface area contributed by atoms with Crippen molar-refractivity contribution in [3.63, 3.8) is 0 Å². The van der Waals surface area contributed by atoms with E-state index in [-0.39, 0.29) is 18.5 Å². The Bertz CT molecular complexity index is 3210. The molecule has 11 aromatic rings. The molecule has 0 bridgehead atoms. The van der Waals surface area contributed by atoms with Gasteiger partial charge < -0.3 is 8.98 Å². The fourth-order valence-corrected chi connectivity index (χ4v) is 10.4. The highest BCUT2D eigenvalue weighted by Gasteiger charge is 2.30. The Balaban J connectivity index is 1.02. The van der Waals surface area contributed by atoms with Crippen molar-refractivity contribution in [1.82, 2.24) is 20.5 Å². The summed E-state index contributed by atoms with van der Waals surface area (Å²) in [4.78, 5) is 0. The summed E-state index contributed by atoms with van der Waals surface area (Å²) in [6.07, 6.45) is -0.213. The predicted molar refractivity (Wildman–Crippen MR) is 237 cm³/mol. The van der Waals surface area contributed by atoms with Crippen LogP contribution in [0.2, 0.25) is 0 Å². The third-order valence-electron chi connectivity index (χ3n) is 11.7. The van der Waals surface area contributed by atoms with Crippen LogP contribution in [0.1, 0.15) is 35.2 Å². The molecule has 4 heterocycles. The molecule has 1 saturated heterocycles. The minimum atomic E-state index is -0.117. The normalized spacial score (nSPS) is 17.4. The number of hydrogen-bond acceptors (Lipinski definition) is 5. The number of benzene rings is 8. The van der Waals surface area contributed by atoms with E-state index in [4.69, 9.17) is 4.42 Å². The number of hydrogen-bond donors (Lipinski definition) is 3. The van der Waals surface area contributed by atoms with Gasteiger partial charge in [0.2, 0.25) is 0 Å². The largest absolute Gasteiger partial charge is 0.456 e. The van der Waals surface area contributed by atoms with Crippen LogP contribution in [0.5, 0.6) is 0 Å². The van der Waals surface area contributed by atoms with Crippen molar-refractivity contribution in [3.8, 4) is 16.8 Å². The summed E-state index contributed by atoms with van der Waals surface area (Å²) >= 11 is 1.87. The van der Waals surface area contributed by atoms with E-state index in [1.165, 1.54) is 69.9 Å². The molecule has 2 unspecified atom stereocenters. The molecule has 272 valence electrons. The van der Waals surface area contributed by atoms with E-state index >= 15 is 0 Å². The summed E-state index contributed by atoms with van der Waals surface area (Å²) in [5, 5.41) is 18.8. The van der Waals surface area contributed by atoms with Gasteiger partial charge in [0.25, 0.3) is 0 Å². The first kappa shape index (κ1) is 32.7. The number of thiophene rings is 1. The van der Waals surface area contributed by atoms with E-state index in [2.05, 4.69) is 203 Å². The van der Waals surface area contributed by atoms with Gasteiger partial charge in [-0.3, -0.25) is 16.0 Å². The summed E-state index contributed by atoms with van der Waals surface area (Å²) in [6, 6.07) is 65.4. The molecule has 6 heteroatoms. The molecule has 12 rings (SSSR count). The molecule has 1 fully saturated rings. The summed E-state index contributed by atoms with van der Waals surface area (Å²) in [5.74, 6) is 0. The average molecular weight is 753 g/mol. The van der Waals surface area contributed by atoms with Crippen molar-refractivity contribution >= 4 is 75.3 Å². The molecule has 5 nitrogen and oxygen atoms in total. The van der Waals surface area contributed by atoms with Gasteiger partial charge in [0, 0.05) is 47.3 Å². The van der Waals surface area contributed by atoms with Crippen LogP contribution >= 0.6 is 11.3 Å². The first-order valence-corrected chi connectivity index (χ1v) is 20.3. The Labute approximate surface area is 332 Å². The number of rotatable bonds is 5. The van der Waals surface area contributed by atoms with E-state index < -0.39 is 0 Å². The van der Waals surface area contributed by atoms with Crippen molar-refractivity contribution in [2.24, 2.45) is 0 Å². The highest BCUT2D eigenvalue weighted by molar-refractivity contribution is 7.26. The fraction of sp³-hybridized carbons (Fsp3) is 0.0588. The number of fused-ring (bicyclic) bond motifs is 9. The average Bonchev–Trinajstić information content (AvgIpc) is 3.96. The maximum absolute atomic E-state index is 6.61. The van der Waals surface area contributed by atoms with Gasteiger partial charge in [-0.2, -0.15) is 0 Å². The summed E-state index contributed by atoms with van der Waals surface area (Å²) in [7, 11) is 0. The predicted octanol–water partition coefficient (Wildman–Crippen LogP) is 12.9. The van der Waals surface area contributed by atoms with Crippen molar-refractivity contribution in [1.29, 1.82) is 0 Å². The minimum Gasteiger partial charge on any atom is -0.456 e. The molecule has 1 aliphatic rings. The quantitative estimate of drug-likeness (QED) is 0.164. The zero-order chi connectivity index (χ0) is 37.5. The lowest BCUT2D eigenvalue weighted by Crippen LogP contribution is -2.54. The monoisotopic (exact) mass is 752 g/mol. The molecule has 0 saturated carbocycles. The number of furan rings is 1. The van der Waals surface area contributed by atoms with Gasteiger partial charge >= 0.3 is 0 Å². The summed E-state index contributed by atoms with van der Waals surface area (Å²) in [6.45, 7) is 0. The van der Waals surface area contributed by atoms with Crippen LogP contribution in [-0.4, -0.2) is 4.57 Å². The molecule has 2 atom stereocenters. The maximum atomic E-state index is 6.61. The topological polar surface area (TPSA) is 54.2 Å². The number of nitrogens with zero attached hydrogens (tertiary/aromatic N) is 1. The van der Waals surface area contributed by atoms with E-state index in [1.807, 2.05) is 11.3 Å². The highest BCUT2D eigenvalue weighted by Crippen LogP contribution is 2.46. The number of nitrogens with one attached hydrogen (secondary N) is 3. The van der Waals surface area contributed by atoms with Gasteiger partial charge in [-0.25, -0.2) is 0 Å². The molecule has 57 heavy (non-hydrogen) atoms. The third-order valence-corrected chi connectivity index (χ3v) is 12.9. The van der Waals surface area contributed by atoms with Crippen molar-refractivity contribution in [2.45, 2.75) is 18.5 Å². The molecule has 8 aromatic carbocycles. The molecule has 0 aliphatic carbocycles. The van der Waals surface area contributed by atoms with E-state index in [9.17, 15) is 0 Å². The van der Waals surface area contributed by atoms with E-state index in [1.54, 1.807) is 0 Å². The molecular weight excluding hydrogens is 717 g/mol. The SMILES string of the molecule is c1ccc(C2NC(c3ccccc3)NC(c3ccc4oc5cccc(-c6cccc7c6sc6cccc(-n8c9ccccc9c9ccccc98)c67)c5c4c3)N2)cc1. The van der Waals surface area contributed by atoms with Gasteiger partial charge in [-0.05, 0) is 64.7 Å². The van der Waals surface area contributed by atoms with Gasteiger partial charge in [-0.15, -0.1) is 11.3 Å². The van der Waals surface area contributed by atoms with E-state index in [0.717, 1.165) is 27.5 Å². The van der Waals surface area contributed by atoms with Crippen molar-refractivity contribution in [3.05, 3.63) is 199 Å². The number of aromatic nitrogens is 1. The van der Waals surface area contributed by atoms with Crippen molar-refractivity contribution < 1.29 is 4.42 Å². The Kier molecular flexibility index (Phi) is 7.46. The Morgan fingerprint density at radius 2 is 1.00 bits per heavy atom. The van der Waals surface area contributed by atoms with Crippen LogP contribution in [0.4, 0.5) is 0 Å². The van der Waals surface area contributed by atoms with Crippen LogP contribution in [-0.2, 0) is 0 Å². The zero-order valence-corrected chi connectivity index (χ0v) is 31.6. The minimum absolute atomic E-state index is 0.0482. The highest BCUT2D eigenvalue weighted by atomic mass is 32.1. The maximum Gasteiger partial charge on any atom is 0.136 e. The Hall–Kier alpha value is -6.54. The van der Waals surface area contributed by atoms with Crippen LogP contribution < -0.4 is 16.0 Å². The Morgan fingerprint density at radius 3 is 1.70 bits per heavy atom. The lowest BCUT2D eigenvalue weighted by Gasteiger charge is -2.39. The lowest BCUT2D eigenvalue weighted by molar-refractivity contribution is 0.203. The van der Waals surface area contributed by atoms with Crippen LogP contribution in [0, 0.1) is 0 Å². The lowest BCUT2D eigenvalue weighted by atomic mass is 9.96. The standard InChI is InChI=1S/C51H36N4OS/c1-3-14-31(15-4-1)49-52-50(32-16-5-2-6-17-32)54-51(53-49)33-28-29-43-39(30-33)46-36(20-12-26-44(46)56-43)37-21-11-22-38-47-42(25-13-27-45(47)57-48(37)38)55-40-23-9-7-18-34(40)35-19-8-10-24-41(35)55/h1-30,49-54H. The Morgan fingerprint density at radius 1 is 0.421 bits per heavy atom. The molecule has 0 amide bonds. The molecular formula is C51H36N4OS. The summed E-state index contributed by atoms with van der Waals surface area (Å²) < 4.78 is 11.6. The first-order valence-electron chi connectivity index (χ1n) is 19.5. The second-order valence-electron chi connectivity index (χ2n) is 15.0. The first-order chi connectivity index (χ1) is 28.3.